The predicted octanol–water partition coefficient (Wildman–Crippen LogP) is 2.10. The first kappa shape index (κ1) is 14.7. The Kier molecular flexibility index (Phi) is 4.90. The molecule has 0 spiro atoms. The molecule has 0 bridgehead atoms. The molecule has 20 heavy (non-hydrogen) atoms. The Bertz CT molecular complexity index is 663. The number of carbonyl (C=O) groups excluding carboxylic acids is 1. The summed E-state index contributed by atoms with van der Waals surface area (Å²) in [6.07, 6.45) is 0. The summed E-state index contributed by atoms with van der Waals surface area (Å²) in [5, 5.41) is 0. The number of amides is 1. The van der Waals surface area contributed by atoms with Gasteiger partial charge in [0, 0.05) is 11.9 Å². The van der Waals surface area contributed by atoms with E-state index in [2.05, 4.69) is 16.8 Å². The number of thiazole rings is 1. The third-order valence-corrected chi connectivity index (χ3v) is 4.61. The SMILES string of the molecule is Cc1ncsc1CN(C)C(=O)c1ccc(C#CCN)s1. The summed E-state index contributed by atoms with van der Waals surface area (Å²) < 4.78 is 0. The van der Waals surface area contributed by atoms with Crippen LogP contribution in [-0.2, 0) is 6.54 Å². The quantitative estimate of drug-likeness (QED) is 0.883. The molecular weight excluding hydrogens is 290 g/mol. The van der Waals surface area contributed by atoms with E-state index in [-0.39, 0.29) is 5.91 Å². The van der Waals surface area contributed by atoms with E-state index in [4.69, 9.17) is 5.73 Å². The monoisotopic (exact) mass is 305 g/mol. The molecule has 104 valence electrons. The highest BCUT2D eigenvalue weighted by molar-refractivity contribution is 7.14. The summed E-state index contributed by atoms with van der Waals surface area (Å²) >= 11 is 2.96. The molecule has 0 radical (unpaired) electrons. The van der Waals surface area contributed by atoms with Gasteiger partial charge in [-0.05, 0) is 19.1 Å². The topological polar surface area (TPSA) is 59.2 Å². The molecule has 4 nitrogen and oxygen atoms in total. The van der Waals surface area contributed by atoms with Crippen LogP contribution in [0.2, 0.25) is 0 Å². The number of hydrogen-bond donors (Lipinski definition) is 1. The Labute approximate surface area is 126 Å². The maximum absolute atomic E-state index is 12.3. The molecule has 0 unspecified atom stereocenters. The smallest absolute Gasteiger partial charge is 0.264 e. The second-order valence-corrected chi connectivity index (χ2v) is 6.22. The fourth-order valence-corrected chi connectivity index (χ4v) is 3.32. The van der Waals surface area contributed by atoms with Crippen LogP contribution >= 0.6 is 22.7 Å². The molecule has 0 atom stereocenters. The Morgan fingerprint density at radius 3 is 2.95 bits per heavy atom. The molecule has 0 saturated carbocycles. The van der Waals surface area contributed by atoms with E-state index in [1.54, 1.807) is 28.8 Å². The van der Waals surface area contributed by atoms with Crippen LogP contribution in [0.25, 0.3) is 0 Å². The van der Waals surface area contributed by atoms with Gasteiger partial charge < -0.3 is 10.6 Å². The van der Waals surface area contributed by atoms with Crippen molar-refractivity contribution >= 4 is 28.6 Å². The van der Waals surface area contributed by atoms with Gasteiger partial charge in [-0.1, -0.05) is 11.8 Å². The van der Waals surface area contributed by atoms with Gasteiger partial charge in [-0.15, -0.1) is 22.7 Å². The van der Waals surface area contributed by atoms with Gasteiger partial charge in [-0.2, -0.15) is 0 Å². The fraction of sp³-hybridized carbons (Fsp3) is 0.286. The molecule has 2 heterocycles. The molecule has 0 aliphatic rings. The molecule has 0 aliphatic heterocycles. The van der Waals surface area contributed by atoms with Gasteiger partial charge in [0.2, 0.25) is 0 Å². The van der Waals surface area contributed by atoms with Crippen molar-refractivity contribution in [1.82, 2.24) is 9.88 Å². The van der Waals surface area contributed by atoms with Gasteiger partial charge in [0.1, 0.15) is 0 Å². The highest BCUT2D eigenvalue weighted by Crippen LogP contribution is 2.20. The number of hydrogen-bond acceptors (Lipinski definition) is 5. The van der Waals surface area contributed by atoms with Gasteiger partial charge in [0.15, 0.2) is 0 Å². The summed E-state index contributed by atoms with van der Waals surface area (Å²) in [5.74, 6) is 5.73. The third-order valence-electron chi connectivity index (χ3n) is 2.70. The zero-order valence-corrected chi connectivity index (χ0v) is 13.0. The lowest BCUT2D eigenvalue weighted by atomic mass is 10.3. The van der Waals surface area contributed by atoms with Gasteiger partial charge in [0.05, 0.1) is 34.0 Å². The second-order valence-electron chi connectivity index (χ2n) is 4.19. The van der Waals surface area contributed by atoms with Gasteiger partial charge in [-0.3, -0.25) is 4.79 Å². The van der Waals surface area contributed by atoms with Crippen LogP contribution < -0.4 is 5.73 Å². The number of aromatic nitrogens is 1. The molecule has 2 rings (SSSR count). The molecule has 0 saturated heterocycles. The van der Waals surface area contributed by atoms with E-state index in [1.807, 2.05) is 19.1 Å². The molecule has 1 amide bonds. The van der Waals surface area contributed by atoms with Crippen molar-refractivity contribution < 1.29 is 4.79 Å². The lowest BCUT2D eigenvalue weighted by molar-refractivity contribution is 0.0791. The van der Waals surface area contributed by atoms with E-state index in [0.717, 1.165) is 15.4 Å². The Morgan fingerprint density at radius 2 is 2.30 bits per heavy atom. The minimum atomic E-state index is 0.00333. The number of rotatable bonds is 3. The predicted molar refractivity (Wildman–Crippen MR) is 82.9 cm³/mol. The Balaban J connectivity index is 2.07. The molecule has 0 aromatic carbocycles. The Morgan fingerprint density at radius 1 is 1.50 bits per heavy atom. The molecule has 0 aliphatic carbocycles. The molecule has 2 aromatic rings. The summed E-state index contributed by atoms with van der Waals surface area (Å²) in [6.45, 7) is 2.86. The Hall–Kier alpha value is -1.68. The van der Waals surface area contributed by atoms with Gasteiger partial charge in [-0.25, -0.2) is 4.98 Å². The second kappa shape index (κ2) is 6.66. The van der Waals surface area contributed by atoms with Crippen LogP contribution in [0.15, 0.2) is 17.6 Å². The van der Waals surface area contributed by atoms with E-state index >= 15 is 0 Å². The first-order valence-corrected chi connectivity index (χ1v) is 7.74. The van der Waals surface area contributed by atoms with Gasteiger partial charge in [0.25, 0.3) is 5.91 Å². The van der Waals surface area contributed by atoms with Crippen molar-refractivity contribution in [3.8, 4) is 11.8 Å². The zero-order valence-electron chi connectivity index (χ0n) is 11.3. The average molecular weight is 305 g/mol. The number of aryl methyl sites for hydroxylation is 1. The van der Waals surface area contributed by atoms with Crippen molar-refractivity contribution in [2.45, 2.75) is 13.5 Å². The zero-order chi connectivity index (χ0) is 14.5. The number of nitrogens with two attached hydrogens (primary N) is 1. The lowest BCUT2D eigenvalue weighted by Crippen LogP contribution is -2.25. The minimum Gasteiger partial charge on any atom is -0.336 e. The highest BCUT2D eigenvalue weighted by Gasteiger charge is 2.15. The summed E-state index contributed by atoms with van der Waals surface area (Å²) in [4.78, 5) is 20.9. The molecule has 2 aromatic heterocycles. The van der Waals surface area contributed by atoms with Crippen LogP contribution in [0.4, 0.5) is 0 Å². The van der Waals surface area contributed by atoms with Crippen molar-refractivity contribution in [1.29, 1.82) is 0 Å². The van der Waals surface area contributed by atoms with Crippen molar-refractivity contribution in [3.63, 3.8) is 0 Å². The van der Waals surface area contributed by atoms with Crippen LogP contribution in [0.5, 0.6) is 0 Å². The number of carbonyl (C=O) groups is 1. The van der Waals surface area contributed by atoms with E-state index in [9.17, 15) is 4.79 Å². The van der Waals surface area contributed by atoms with E-state index in [0.29, 0.717) is 18.0 Å². The lowest BCUT2D eigenvalue weighted by Gasteiger charge is -2.15. The van der Waals surface area contributed by atoms with Crippen LogP contribution in [0.1, 0.15) is 25.1 Å². The van der Waals surface area contributed by atoms with Crippen molar-refractivity contribution in [2.24, 2.45) is 5.73 Å². The van der Waals surface area contributed by atoms with Crippen molar-refractivity contribution in [3.05, 3.63) is 38.0 Å². The first-order valence-electron chi connectivity index (χ1n) is 6.05. The van der Waals surface area contributed by atoms with Gasteiger partial charge >= 0.3 is 0 Å². The third kappa shape index (κ3) is 3.45. The number of nitrogens with zero attached hydrogens (tertiary/aromatic N) is 2. The normalized spacial score (nSPS) is 9.95. The molecule has 0 fully saturated rings. The van der Waals surface area contributed by atoms with Crippen LogP contribution in [0.3, 0.4) is 0 Å². The molecule has 2 N–H and O–H groups in total. The maximum Gasteiger partial charge on any atom is 0.264 e. The van der Waals surface area contributed by atoms with E-state index in [1.165, 1.54) is 11.3 Å². The largest absolute Gasteiger partial charge is 0.336 e. The average Bonchev–Trinajstić information content (AvgIpc) is 3.05. The van der Waals surface area contributed by atoms with E-state index < -0.39 is 0 Å². The molecular formula is C14H15N3OS2. The number of thiophene rings is 1. The maximum atomic E-state index is 12.3. The highest BCUT2D eigenvalue weighted by atomic mass is 32.1. The standard InChI is InChI=1S/C14H15N3OS2/c1-10-13(19-9-16-10)8-17(2)14(18)12-6-5-11(20-12)4-3-7-15/h5-6,9H,7-8,15H2,1-2H3. The summed E-state index contributed by atoms with van der Waals surface area (Å²) in [7, 11) is 1.80. The minimum absolute atomic E-state index is 0.00333. The van der Waals surface area contributed by atoms with Crippen LogP contribution in [-0.4, -0.2) is 29.4 Å². The van der Waals surface area contributed by atoms with Crippen LogP contribution in [0, 0.1) is 18.8 Å². The summed E-state index contributed by atoms with van der Waals surface area (Å²) in [6, 6.07) is 3.66. The molecule has 6 heteroatoms. The first-order chi connectivity index (χ1) is 9.61. The summed E-state index contributed by atoms with van der Waals surface area (Å²) in [5.41, 5.74) is 8.11. The van der Waals surface area contributed by atoms with Crippen molar-refractivity contribution in [2.75, 3.05) is 13.6 Å². The fourth-order valence-electron chi connectivity index (χ4n) is 1.61.